The highest BCUT2D eigenvalue weighted by molar-refractivity contribution is 7.89. The number of ether oxygens (including phenoxy) is 1. The predicted molar refractivity (Wildman–Crippen MR) is 109 cm³/mol. The Bertz CT molecular complexity index is 1280. The summed E-state index contributed by atoms with van der Waals surface area (Å²) in [6, 6.07) is 2.93. The molecule has 2 aliphatic rings. The topological polar surface area (TPSA) is 76.8 Å². The lowest BCUT2D eigenvalue weighted by Gasteiger charge is -2.32. The first-order valence-corrected chi connectivity index (χ1v) is 11.7. The quantitative estimate of drug-likeness (QED) is 0.614. The Labute approximate surface area is 178 Å². The van der Waals surface area contributed by atoms with Crippen LogP contribution in [0.2, 0.25) is 0 Å². The second-order valence-corrected chi connectivity index (χ2v) is 10.2. The molecular formula is C21H22F2N4O3S. The number of benzene rings is 1. The van der Waals surface area contributed by atoms with E-state index in [0.717, 1.165) is 22.8 Å². The molecule has 164 valence electrons. The number of hydrogen-bond acceptors (Lipinski definition) is 5. The molecule has 1 aromatic carbocycles. The Morgan fingerprint density at radius 2 is 1.94 bits per heavy atom. The van der Waals surface area contributed by atoms with Crippen molar-refractivity contribution >= 4 is 15.7 Å². The van der Waals surface area contributed by atoms with Crippen molar-refractivity contribution in [1.82, 2.24) is 18.9 Å². The maximum Gasteiger partial charge on any atom is 0.248 e. The molecule has 0 N–H and O–H groups in total. The number of nitrogens with zero attached hydrogens (tertiary/aromatic N) is 4. The van der Waals surface area contributed by atoms with Crippen molar-refractivity contribution in [3.63, 3.8) is 0 Å². The van der Waals surface area contributed by atoms with E-state index >= 15 is 4.39 Å². The SMILES string of the molecule is Cc1cc2ncnn2cc1C1CCN(S(=O)(=O)c2c(F)cc3c(c2F)C(C)CO3)CC1. The molecule has 3 aromatic rings. The van der Waals surface area contributed by atoms with E-state index in [0.29, 0.717) is 12.8 Å². The highest BCUT2D eigenvalue weighted by Crippen LogP contribution is 2.41. The average molecular weight is 448 g/mol. The van der Waals surface area contributed by atoms with E-state index < -0.39 is 26.6 Å². The van der Waals surface area contributed by atoms with Gasteiger partial charge < -0.3 is 4.74 Å². The minimum absolute atomic E-state index is 0.0825. The number of pyridine rings is 1. The number of fused-ring (bicyclic) bond motifs is 2. The molecule has 1 saturated heterocycles. The van der Waals surface area contributed by atoms with E-state index in [1.807, 2.05) is 19.2 Å². The maximum absolute atomic E-state index is 15.1. The van der Waals surface area contributed by atoms with Crippen molar-refractivity contribution in [2.45, 2.75) is 43.4 Å². The van der Waals surface area contributed by atoms with E-state index in [4.69, 9.17) is 4.74 Å². The summed E-state index contributed by atoms with van der Waals surface area (Å²) >= 11 is 0. The molecule has 0 saturated carbocycles. The van der Waals surface area contributed by atoms with Crippen LogP contribution in [0, 0.1) is 18.6 Å². The van der Waals surface area contributed by atoms with Crippen LogP contribution in [0.5, 0.6) is 5.75 Å². The molecule has 0 radical (unpaired) electrons. The zero-order chi connectivity index (χ0) is 21.9. The van der Waals surface area contributed by atoms with Crippen molar-refractivity contribution < 1.29 is 21.9 Å². The molecule has 10 heteroatoms. The van der Waals surface area contributed by atoms with Crippen molar-refractivity contribution in [1.29, 1.82) is 0 Å². The van der Waals surface area contributed by atoms with E-state index in [9.17, 15) is 12.8 Å². The first-order valence-electron chi connectivity index (χ1n) is 10.2. The summed E-state index contributed by atoms with van der Waals surface area (Å²) in [7, 11) is -4.31. The van der Waals surface area contributed by atoms with Crippen molar-refractivity contribution in [2.75, 3.05) is 19.7 Å². The fourth-order valence-corrected chi connectivity index (χ4v) is 6.23. The number of halogens is 2. The van der Waals surface area contributed by atoms with Crippen LogP contribution in [0.25, 0.3) is 5.65 Å². The van der Waals surface area contributed by atoms with Gasteiger partial charge in [0.15, 0.2) is 16.4 Å². The van der Waals surface area contributed by atoms with E-state index in [1.165, 1.54) is 10.6 Å². The summed E-state index contributed by atoms with van der Waals surface area (Å²) in [5.74, 6) is -2.26. The van der Waals surface area contributed by atoms with Crippen LogP contribution in [-0.4, -0.2) is 47.0 Å². The van der Waals surface area contributed by atoms with Gasteiger partial charge in [-0.25, -0.2) is 26.7 Å². The molecule has 2 aromatic heterocycles. The van der Waals surface area contributed by atoms with Gasteiger partial charge in [-0.1, -0.05) is 6.92 Å². The number of aromatic nitrogens is 3. The molecular weight excluding hydrogens is 426 g/mol. The van der Waals surface area contributed by atoms with E-state index in [1.54, 1.807) is 11.4 Å². The zero-order valence-corrected chi connectivity index (χ0v) is 18.0. The van der Waals surface area contributed by atoms with Gasteiger partial charge in [-0.2, -0.15) is 9.40 Å². The van der Waals surface area contributed by atoms with Crippen LogP contribution >= 0.6 is 0 Å². The van der Waals surface area contributed by atoms with Crippen LogP contribution in [-0.2, 0) is 10.0 Å². The smallest absolute Gasteiger partial charge is 0.248 e. The largest absolute Gasteiger partial charge is 0.492 e. The molecule has 1 unspecified atom stereocenters. The van der Waals surface area contributed by atoms with Crippen molar-refractivity contribution in [2.24, 2.45) is 0 Å². The Morgan fingerprint density at radius 3 is 2.68 bits per heavy atom. The van der Waals surface area contributed by atoms with Crippen LogP contribution in [0.4, 0.5) is 8.78 Å². The summed E-state index contributed by atoms with van der Waals surface area (Å²) in [6.07, 6.45) is 4.51. The number of aryl methyl sites for hydroxylation is 1. The summed E-state index contributed by atoms with van der Waals surface area (Å²) < 4.78 is 64.3. The lowest BCUT2D eigenvalue weighted by Crippen LogP contribution is -2.39. The highest BCUT2D eigenvalue weighted by Gasteiger charge is 2.38. The molecule has 4 heterocycles. The molecule has 0 amide bonds. The fourth-order valence-electron chi connectivity index (χ4n) is 4.64. The van der Waals surface area contributed by atoms with Crippen LogP contribution < -0.4 is 4.74 Å². The highest BCUT2D eigenvalue weighted by atomic mass is 32.2. The van der Waals surface area contributed by atoms with Gasteiger partial charge in [0.2, 0.25) is 10.0 Å². The number of rotatable bonds is 3. The zero-order valence-electron chi connectivity index (χ0n) is 17.2. The minimum atomic E-state index is -4.31. The standard InChI is InChI=1S/C21H22F2N4O3S/c1-12-7-18-24-11-25-27(18)9-15(12)14-3-5-26(6-4-14)31(28,29)21-16(22)8-17-19(20(21)23)13(2)10-30-17/h7-9,11,13-14H,3-6,10H2,1-2H3. The van der Waals surface area contributed by atoms with Crippen molar-refractivity contribution in [3.8, 4) is 5.75 Å². The average Bonchev–Trinajstić information content (AvgIpc) is 3.33. The third kappa shape index (κ3) is 3.20. The number of piperidine rings is 1. The van der Waals surface area contributed by atoms with Gasteiger partial charge in [-0.3, -0.25) is 0 Å². The fraction of sp³-hybridized carbons (Fsp3) is 0.429. The monoisotopic (exact) mass is 448 g/mol. The molecule has 7 nitrogen and oxygen atoms in total. The molecule has 1 atom stereocenters. The molecule has 0 aliphatic carbocycles. The Balaban J connectivity index is 1.41. The second-order valence-electron chi connectivity index (χ2n) is 8.28. The van der Waals surface area contributed by atoms with E-state index in [2.05, 4.69) is 10.1 Å². The van der Waals surface area contributed by atoms with Gasteiger partial charge in [0.1, 0.15) is 17.9 Å². The molecule has 2 aliphatic heterocycles. The Kier molecular flexibility index (Phi) is 4.74. The van der Waals surface area contributed by atoms with Gasteiger partial charge in [-0.15, -0.1) is 0 Å². The predicted octanol–water partition coefficient (Wildman–Crippen LogP) is 3.38. The normalized spacial score (nSPS) is 20.2. The minimum Gasteiger partial charge on any atom is -0.492 e. The molecule has 1 fully saturated rings. The van der Waals surface area contributed by atoms with Crippen LogP contribution in [0.15, 0.2) is 29.6 Å². The maximum atomic E-state index is 15.1. The van der Waals surface area contributed by atoms with Gasteiger partial charge in [0.25, 0.3) is 0 Å². The summed E-state index contributed by atoms with van der Waals surface area (Å²) in [5.41, 5.74) is 3.02. The molecule has 31 heavy (non-hydrogen) atoms. The van der Waals surface area contributed by atoms with Gasteiger partial charge in [0, 0.05) is 36.8 Å². The summed E-state index contributed by atoms with van der Waals surface area (Å²) in [5, 5.41) is 4.17. The number of hydrogen-bond donors (Lipinski definition) is 0. The first-order chi connectivity index (χ1) is 14.8. The van der Waals surface area contributed by atoms with Gasteiger partial charge in [-0.05, 0) is 42.9 Å². The third-order valence-electron chi connectivity index (χ3n) is 6.31. The van der Waals surface area contributed by atoms with Crippen molar-refractivity contribution in [3.05, 3.63) is 53.0 Å². The second kappa shape index (κ2) is 7.23. The van der Waals surface area contributed by atoms with Crippen LogP contribution in [0.1, 0.15) is 48.3 Å². The molecule has 5 rings (SSSR count). The summed E-state index contributed by atoms with van der Waals surface area (Å²) in [4.78, 5) is 3.30. The number of sulfonamides is 1. The first kappa shape index (κ1) is 20.3. The lowest BCUT2D eigenvalue weighted by atomic mass is 9.89. The van der Waals surface area contributed by atoms with E-state index in [-0.39, 0.29) is 42.8 Å². The Morgan fingerprint density at radius 1 is 1.19 bits per heavy atom. The Hall–Kier alpha value is -2.59. The third-order valence-corrected chi connectivity index (χ3v) is 8.25. The van der Waals surface area contributed by atoms with Crippen LogP contribution in [0.3, 0.4) is 0 Å². The molecule has 0 spiro atoms. The lowest BCUT2D eigenvalue weighted by molar-refractivity contribution is 0.315. The molecule has 0 bridgehead atoms. The van der Waals surface area contributed by atoms with Gasteiger partial charge >= 0.3 is 0 Å². The van der Waals surface area contributed by atoms with Gasteiger partial charge in [0.05, 0.1) is 6.61 Å². The summed E-state index contributed by atoms with van der Waals surface area (Å²) in [6.45, 7) is 4.29.